The Bertz CT molecular complexity index is 1050. The van der Waals surface area contributed by atoms with Crippen LogP contribution in [0.5, 0.6) is 5.75 Å². The van der Waals surface area contributed by atoms with Crippen LogP contribution in [0.15, 0.2) is 66.0 Å². The van der Waals surface area contributed by atoms with Crippen LogP contribution in [0.2, 0.25) is 0 Å². The summed E-state index contributed by atoms with van der Waals surface area (Å²) in [6, 6.07) is 17.8. The van der Waals surface area contributed by atoms with Crippen molar-refractivity contribution in [1.29, 1.82) is 0 Å². The quantitative estimate of drug-likeness (QED) is 0.587. The third kappa shape index (κ3) is 5.83. The van der Waals surface area contributed by atoms with Crippen molar-refractivity contribution in [3.63, 3.8) is 0 Å². The molecule has 0 spiro atoms. The second-order valence-electron chi connectivity index (χ2n) is 6.11. The average molecular weight is 417 g/mol. The molecule has 0 aliphatic heterocycles. The number of carbonyl (C=O) groups excluding carboxylic acids is 1. The molecule has 1 heterocycles. The van der Waals surface area contributed by atoms with E-state index < -0.39 is 10.0 Å². The molecule has 0 aliphatic rings. The van der Waals surface area contributed by atoms with Gasteiger partial charge in [-0.3, -0.25) is 9.52 Å². The number of nitrogens with one attached hydrogen (secondary N) is 2. The van der Waals surface area contributed by atoms with Gasteiger partial charge in [0.05, 0.1) is 11.9 Å². The highest BCUT2D eigenvalue weighted by Crippen LogP contribution is 2.18. The molecule has 0 fully saturated rings. The molecule has 0 atom stereocenters. The van der Waals surface area contributed by atoms with Crippen molar-refractivity contribution < 1.29 is 17.9 Å². The first kappa shape index (κ1) is 19.9. The fourth-order valence-electron chi connectivity index (χ4n) is 2.53. The molecule has 0 bridgehead atoms. The zero-order valence-corrected chi connectivity index (χ0v) is 16.8. The van der Waals surface area contributed by atoms with Crippen LogP contribution in [0.4, 0.5) is 5.69 Å². The molecule has 0 unspecified atom stereocenters. The predicted molar refractivity (Wildman–Crippen MR) is 111 cm³/mol. The number of carbonyl (C=O) groups is 1. The Morgan fingerprint density at radius 2 is 1.89 bits per heavy atom. The number of ether oxygens (including phenoxy) is 1. The predicted octanol–water partition coefficient (Wildman–Crippen LogP) is 3.63. The largest absolute Gasteiger partial charge is 0.488 e. The van der Waals surface area contributed by atoms with E-state index in [0.717, 1.165) is 11.1 Å². The van der Waals surface area contributed by atoms with Gasteiger partial charge in [-0.05, 0) is 41.3 Å². The van der Waals surface area contributed by atoms with Gasteiger partial charge in [0.2, 0.25) is 10.0 Å². The molecule has 1 aromatic heterocycles. The standard InChI is InChI=1S/C20H20N2O4S2/c1-28(24,25)22-19-10-3-2-6-16(19)13-21-20(23)15-7-4-8-17(12-15)26-14-18-9-5-11-27-18/h2-12,22H,13-14H2,1H3,(H,21,23). The lowest BCUT2D eigenvalue weighted by Crippen LogP contribution is -2.23. The van der Waals surface area contributed by atoms with E-state index in [0.29, 0.717) is 29.2 Å². The Balaban J connectivity index is 1.63. The Kier molecular flexibility index (Phi) is 6.33. The lowest BCUT2D eigenvalue weighted by molar-refractivity contribution is 0.0950. The molecule has 3 rings (SSSR count). The van der Waals surface area contributed by atoms with Gasteiger partial charge < -0.3 is 10.1 Å². The van der Waals surface area contributed by atoms with E-state index in [4.69, 9.17) is 4.74 Å². The SMILES string of the molecule is CS(=O)(=O)Nc1ccccc1CNC(=O)c1cccc(OCc2cccs2)c1. The van der Waals surface area contributed by atoms with Gasteiger partial charge in [-0.25, -0.2) is 8.42 Å². The van der Waals surface area contributed by atoms with E-state index >= 15 is 0 Å². The minimum absolute atomic E-state index is 0.192. The maximum atomic E-state index is 12.5. The van der Waals surface area contributed by atoms with Crippen LogP contribution in [0.1, 0.15) is 20.8 Å². The Morgan fingerprint density at radius 3 is 2.64 bits per heavy atom. The molecular weight excluding hydrogens is 396 g/mol. The van der Waals surface area contributed by atoms with Gasteiger partial charge in [0.1, 0.15) is 12.4 Å². The zero-order chi connectivity index (χ0) is 20.0. The molecule has 0 saturated carbocycles. The van der Waals surface area contributed by atoms with Crippen molar-refractivity contribution in [2.45, 2.75) is 13.2 Å². The van der Waals surface area contributed by atoms with Crippen molar-refractivity contribution in [1.82, 2.24) is 5.32 Å². The molecule has 28 heavy (non-hydrogen) atoms. The van der Waals surface area contributed by atoms with Crippen molar-refractivity contribution in [2.75, 3.05) is 11.0 Å². The van der Waals surface area contributed by atoms with Crippen LogP contribution in [0, 0.1) is 0 Å². The summed E-state index contributed by atoms with van der Waals surface area (Å²) >= 11 is 1.61. The number of benzene rings is 2. The maximum Gasteiger partial charge on any atom is 0.251 e. The minimum atomic E-state index is -3.40. The van der Waals surface area contributed by atoms with E-state index in [1.54, 1.807) is 59.9 Å². The lowest BCUT2D eigenvalue weighted by atomic mass is 10.1. The average Bonchev–Trinajstić information content (AvgIpc) is 3.18. The van der Waals surface area contributed by atoms with Crippen LogP contribution in [-0.2, 0) is 23.2 Å². The smallest absolute Gasteiger partial charge is 0.251 e. The number of rotatable bonds is 8. The normalized spacial score (nSPS) is 11.0. The Morgan fingerprint density at radius 1 is 1.07 bits per heavy atom. The third-order valence-corrected chi connectivity index (χ3v) is 5.25. The number of sulfonamides is 1. The second kappa shape index (κ2) is 8.90. The molecule has 0 radical (unpaired) electrons. The topological polar surface area (TPSA) is 84.5 Å². The van der Waals surface area contributed by atoms with Gasteiger partial charge >= 0.3 is 0 Å². The summed E-state index contributed by atoms with van der Waals surface area (Å²) in [7, 11) is -3.40. The second-order valence-corrected chi connectivity index (χ2v) is 8.89. The molecule has 6 nitrogen and oxygen atoms in total. The Labute approximate surface area is 168 Å². The van der Waals surface area contributed by atoms with Crippen LogP contribution in [0.3, 0.4) is 0 Å². The molecule has 146 valence electrons. The number of amides is 1. The van der Waals surface area contributed by atoms with E-state index in [1.165, 1.54) is 0 Å². The summed E-state index contributed by atoms with van der Waals surface area (Å²) in [6.45, 7) is 0.644. The van der Waals surface area contributed by atoms with Gasteiger partial charge in [0.25, 0.3) is 5.91 Å². The number of hydrogen-bond donors (Lipinski definition) is 2. The first-order valence-electron chi connectivity index (χ1n) is 8.50. The van der Waals surface area contributed by atoms with Gasteiger partial charge in [-0.15, -0.1) is 11.3 Å². The molecule has 3 aromatic rings. The van der Waals surface area contributed by atoms with Crippen LogP contribution in [-0.4, -0.2) is 20.6 Å². The fourth-order valence-corrected chi connectivity index (χ4v) is 3.74. The van der Waals surface area contributed by atoms with E-state index in [-0.39, 0.29) is 12.5 Å². The van der Waals surface area contributed by atoms with E-state index in [2.05, 4.69) is 10.0 Å². The molecule has 2 aromatic carbocycles. The summed E-state index contributed by atoms with van der Waals surface area (Å²) in [5, 5.41) is 4.80. The first-order chi connectivity index (χ1) is 13.4. The highest BCUT2D eigenvalue weighted by Gasteiger charge is 2.10. The maximum absolute atomic E-state index is 12.5. The molecule has 0 saturated heterocycles. The van der Waals surface area contributed by atoms with Crippen molar-refractivity contribution in [2.24, 2.45) is 0 Å². The van der Waals surface area contributed by atoms with Gasteiger partial charge in [-0.1, -0.05) is 30.3 Å². The van der Waals surface area contributed by atoms with Gasteiger partial charge in [-0.2, -0.15) is 0 Å². The van der Waals surface area contributed by atoms with Crippen molar-refractivity contribution in [3.05, 3.63) is 82.0 Å². The van der Waals surface area contributed by atoms with Crippen LogP contribution in [0.25, 0.3) is 0 Å². The lowest BCUT2D eigenvalue weighted by Gasteiger charge is -2.12. The Hall–Kier alpha value is -2.84. The van der Waals surface area contributed by atoms with Gasteiger partial charge in [0.15, 0.2) is 0 Å². The monoisotopic (exact) mass is 416 g/mol. The summed E-state index contributed by atoms with van der Waals surface area (Å²) in [5.41, 5.74) is 1.59. The third-order valence-electron chi connectivity index (χ3n) is 3.81. The molecule has 1 amide bonds. The number of anilines is 1. The van der Waals surface area contributed by atoms with Gasteiger partial charge in [0, 0.05) is 17.0 Å². The minimum Gasteiger partial charge on any atom is -0.488 e. The van der Waals surface area contributed by atoms with E-state index in [9.17, 15) is 13.2 Å². The number of hydrogen-bond acceptors (Lipinski definition) is 5. The summed E-state index contributed by atoms with van der Waals surface area (Å²) in [6.07, 6.45) is 1.09. The highest BCUT2D eigenvalue weighted by molar-refractivity contribution is 7.92. The summed E-state index contributed by atoms with van der Waals surface area (Å²) < 4.78 is 31.2. The fraction of sp³-hybridized carbons (Fsp3) is 0.150. The van der Waals surface area contributed by atoms with E-state index in [1.807, 2.05) is 17.5 Å². The molecular formula is C20H20N2O4S2. The van der Waals surface area contributed by atoms with Crippen molar-refractivity contribution in [3.8, 4) is 5.75 Å². The zero-order valence-electron chi connectivity index (χ0n) is 15.2. The highest BCUT2D eigenvalue weighted by atomic mass is 32.2. The number of thiophene rings is 1. The first-order valence-corrected chi connectivity index (χ1v) is 11.3. The number of para-hydroxylation sites is 1. The molecule has 8 heteroatoms. The summed E-state index contributed by atoms with van der Waals surface area (Å²) in [4.78, 5) is 13.6. The van der Waals surface area contributed by atoms with Crippen LogP contribution < -0.4 is 14.8 Å². The van der Waals surface area contributed by atoms with Crippen molar-refractivity contribution >= 4 is 33.0 Å². The molecule has 2 N–H and O–H groups in total. The summed E-state index contributed by atoms with van der Waals surface area (Å²) in [5.74, 6) is 0.343. The molecule has 0 aliphatic carbocycles. The van der Waals surface area contributed by atoms with Crippen LogP contribution >= 0.6 is 11.3 Å².